The van der Waals surface area contributed by atoms with Gasteiger partial charge in [0.05, 0.1) is 10.6 Å². The third-order valence-corrected chi connectivity index (χ3v) is 3.61. The molecule has 19 heavy (non-hydrogen) atoms. The molecule has 98 valence electrons. The summed E-state index contributed by atoms with van der Waals surface area (Å²) in [5, 5.41) is 12.7. The minimum absolute atomic E-state index is 0.197. The van der Waals surface area contributed by atoms with Crippen LogP contribution < -0.4 is 5.32 Å². The zero-order chi connectivity index (χ0) is 14.0. The molecule has 4 nitrogen and oxygen atoms in total. The number of rotatable bonds is 3. The summed E-state index contributed by atoms with van der Waals surface area (Å²) < 4.78 is 0.755. The van der Waals surface area contributed by atoms with E-state index in [0.29, 0.717) is 16.5 Å². The van der Waals surface area contributed by atoms with Gasteiger partial charge in [0.2, 0.25) is 0 Å². The minimum Gasteiger partial charge on any atom is -0.478 e. The van der Waals surface area contributed by atoms with E-state index in [9.17, 15) is 4.79 Å². The molecule has 0 unspecified atom stereocenters. The molecule has 1 aromatic carbocycles. The molecule has 0 spiro atoms. The van der Waals surface area contributed by atoms with Crippen molar-refractivity contribution in [2.45, 2.75) is 6.92 Å². The van der Waals surface area contributed by atoms with Gasteiger partial charge in [-0.15, -0.1) is 0 Å². The van der Waals surface area contributed by atoms with Crippen molar-refractivity contribution in [3.63, 3.8) is 0 Å². The van der Waals surface area contributed by atoms with Crippen LogP contribution in [0.4, 0.5) is 11.5 Å². The Morgan fingerprint density at radius 2 is 2.11 bits per heavy atom. The van der Waals surface area contributed by atoms with Crippen LogP contribution in [0.3, 0.4) is 0 Å². The molecule has 0 radical (unpaired) electrons. The van der Waals surface area contributed by atoms with Gasteiger partial charge in [0, 0.05) is 15.9 Å². The summed E-state index contributed by atoms with van der Waals surface area (Å²) in [6.45, 7) is 1.75. The molecule has 1 heterocycles. The van der Waals surface area contributed by atoms with Crippen LogP contribution in [0, 0.1) is 6.92 Å². The smallest absolute Gasteiger partial charge is 0.335 e. The first-order chi connectivity index (χ1) is 8.95. The molecule has 0 bridgehead atoms. The molecule has 2 rings (SSSR count). The van der Waals surface area contributed by atoms with E-state index in [-0.39, 0.29) is 5.56 Å². The maximum Gasteiger partial charge on any atom is 0.335 e. The quantitative estimate of drug-likeness (QED) is 0.876. The Morgan fingerprint density at radius 3 is 2.74 bits per heavy atom. The van der Waals surface area contributed by atoms with Crippen LogP contribution in [0.5, 0.6) is 0 Å². The second-order valence-corrected chi connectivity index (χ2v) is 5.20. The number of hydrogen-bond acceptors (Lipinski definition) is 3. The van der Waals surface area contributed by atoms with Gasteiger partial charge in [-0.2, -0.15) is 0 Å². The molecule has 0 atom stereocenters. The summed E-state index contributed by atoms with van der Waals surface area (Å²) in [6.07, 6.45) is 0. The largest absolute Gasteiger partial charge is 0.478 e. The number of nitrogens with one attached hydrogen (secondary N) is 1. The highest BCUT2D eigenvalue weighted by Gasteiger charge is 2.07. The summed E-state index contributed by atoms with van der Waals surface area (Å²) in [4.78, 5) is 15.2. The Bertz CT molecular complexity index is 647. The molecule has 6 heteroatoms. The van der Waals surface area contributed by atoms with E-state index >= 15 is 0 Å². The molecule has 0 aliphatic heterocycles. The molecule has 0 amide bonds. The first-order valence-electron chi connectivity index (χ1n) is 5.40. The molecular formula is C13H10BrClN2O2. The van der Waals surface area contributed by atoms with Gasteiger partial charge in [-0.25, -0.2) is 9.78 Å². The van der Waals surface area contributed by atoms with E-state index in [4.69, 9.17) is 16.7 Å². The number of carboxylic acids is 1. The van der Waals surface area contributed by atoms with Gasteiger partial charge in [-0.1, -0.05) is 11.6 Å². The average molecular weight is 342 g/mol. The molecule has 0 aliphatic carbocycles. The fraction of sp³-hybridized carbons (Fsp3) is 0.0769. The monoisotopic (exact) mass is 340 g/mol. The summed E-state index contributed by atoms with van der Waals surface area (Å²) in [5.74, 6) is -0.502. The van der Waals surface area contributed by atoms with Crippen molar-refractivity contribution in [2.24, 2.45) is 0 Å². The van der Waals surface area contributed by atoms with Crippen LogP contribution >= 0.6 is 27.5 Å². The molecular weight excluding hydrogens is 332 g/mol. The van der Waals surface area contributed by atoms with Gasteiger partial charge in [0.15, 0.2) is 0 Å². The van der Waals surface area contributed by atoms with Crippen LogP contribution in [0.25, 0.3) is 0 Å². The topological polar surface area (TPSA) is 62.2 Å². The van der Waals surface area contributed by atoms with Crippen molar-refractivity contribution in [1.82, 2.24) is 4.98 Å². The molecule has 0 saturated heterocycles. The van der Waals surface area contributed by atoms with E-state index in [0.717, 1.165) is 10.2 Å². The Balaban J connectivity index is 2.32. The number of nitrogens with zero attached hydrogens (tertiary/aromatic N) is 1. The van der Waals surface area contributed by atoms with Crippen molar-refractivity contribution < 1.29 is 9.90 Å². The summed E-state index contributed by atoms with van der Waals surface area (Å²) in [5.41, 5.74) is 1.60. The van der Waals surface area contributed by atoms with Crippen molar-refractivity contribution in [3.8, 4) is 0 Å². The number of halogens is 2. The second-order valence-electron chi connectivity index (χ2n) is 3.94. The van der Waals surface area contributed by atoms with E-state index < -0.39 is 5.97 Å². The van der Waals surface area contributed by atoms with Crippen molar-refractivity contribution in [3.05, 3.63) is 51.1 Å². The van der Waals surface area contributed by atoms with E-state index in [1.807, 2.05) is 0 Å². The van der Waals surface area contributed by atoms with Crippen molar-refractivity contribution in [1.29, 1.82) is 0 Å². The number of anilines is 2. The summed E-state index contributed by atoms with van der Waals surface area (Å²) in [7, 11) is 0. The van der Waals surface area contributed by atoms with Gasteiger partial charge in [0.1, 0.15) is 5.82 Å². The second kappa shape index (κ2) is 5.59. The van der Waals surface area contributed by atoms with Crippen LogP contribution in [0.15, 0.2) is 34.8 Å². The number of aromatic carboxylic acids is 1. The number of benzene rings is 1. The van der Waals surface area contributed by atoms with Crippen LogP contribution in [-0.4, -0.2) is 16.1 Å². The van der Waals surface area contributed by atoms with Crippen LogP contribution in [0.2, 0.25) is 5.02 Å². The molecule has 0 fully saturated rings. The number of pyridine rings is 1. The van der Waals surface area contributed by atoms with Gasteiger partial charge in [-0.3, -0.25) is 0 Å². The van der Waals surface area contributed by atoms with Crippen molar-refractivity contribution in [2.75, 3.05) is 5.32 Å². The number of carboxylic acid groups (broad SMARTS) is 1. The maximum absolute atomic E-state index is 11.0. The fourth-order valence-corrected chi connectivity index (χ4v) is 2.07. The molecule has 2 N–H and O–H groups in total. The van der Waals surface area contributed by atoms with Crippen molar-refractivity contribution >= 4 is 45.0 Å². The molecule has 0 aliphatic rings. The van der Waals surface area contributed by atoms with Gasteiger partial charge in [0.25, 0.3) is 0 Å². The third-order valence-electron chi connectivity index (χ3n) is 2.39. The highest BCUT2D eigenvalue weighted by molar-refractivity contribution is 9.10. The first kappa shape index (κ1) is 13.8. The average Bonchev–Trinajstić information content (AvgIpc) is 2.33. The zero-order valence-electron chi connectivity index (χ0n) is 9.95. The Hall–Kier alpha value is -1.59. The molecule has 2 aromatic rings. The predicted octanol–water partition coefficient (Wildman–Crippen LogP) is 4.25. The highest BCUT2D eigenvalue weighted by atomic mass is 79.9. The lowest BCUT2D eigenvalue weighted by Crippen LogP contribution is -2.02. The molecule has 0 saturated carbocycles. The van der Waals surface area contributed by atoms with E-state index in [2.05, 4.69) is 26.2 Å². The van der Waals surface area contributed by atoms with Crippen LogP contribution in [0.1, 0.15) is 16.1 Å². The Morgan fingerprint density at radius 1 is 1.37 bits per heavy atom. The minimum atomic E-state index is -0.981. The summed E-state index contributed by atoms with van der Waals surface area (Å²) in [6, 6.07) is 8.33. The lowest BCUT2D eigenvalue weighted by Gasteiger charge is -2.08. The first-order valence-corrected chi connectivity index (χ1v) is 6.57. The SMILES string of the molecule is Cc1cc(C(=O)O)cc(Nc2ccc(Cl)c(Br)c2)n1. The zero-order valence-corrected chi connectivity index (χ0v) is 12.3. The number of hydrogen-bond donors (Lipinski definition) is 2. The van der Waals surface area contributed by atoms with Gasteiger partial charge >= 0.3 is 5.97 Å². The standard InChI is InChI=1S/C13H10BrClN2O2/c1-7-4-8(13(18)19)5-12(16-7)17-9-2-3-11(15)10(14)6-9/h2-6H,1H3,(H,16,17)(H,18,19). The maximum atomic E-state index is 11.0. The van der Waals surface area contributed by atoms with Gasteiger partial charge < -0.3 is 10.4 Å². The number of aryl methyl sites for hydroxylation is 1. The Labute approximate surface area is 123 Å². The lowest BCUT2D eigenvalue weighted by atomic mass is 10.2. The lowest BCUT2D eigenvalue weighted by molar-refractivity contribution is 0.0696. The highest BCUT2D eigenvalue weighted by Crippen LogP contribution is 2.27. The van der Waals surface area contributed by atoms with Crippen LogP contribution in [-0.2, 0) is 0 Å². The number of carbonyl (C=O) groups is 1. The van der Waals surface area contributed by atoms with Gasteiger partial charge in [-0.05, 0) is 53.2 Å². The fourth-order valence-electron chi connectivity index (χ4n) is 1.58. The predicted molar refractivity (Wildman–Crippen MR) is 78.4 cm³/mol. The van der Waals surface area contributed by atoms with E-state index in [1.165, 1.54) is 12.1 Å². The summed E-state index contributed by atoms with van der Waals surface area (Å²) >= 11 is 9.23. The van der Waals surface area contributed by atoms with E-state index in [1.54, 1.807) is 25.1 Å². The third kappa shape index (κ3) is 3.45. The molecule has 1 aromatic heterocycles. The number of aromatic nitrogens is 1. The Kier molecular flexibility index (Phi) is 4.07. The normalized spacial score (nSPS) is 10.3.